The molecular formula is C11H10BrFN2O5S. The maximum atomic E-state index is 13.0. The fraction of sp³-hybridized carbons (Fsp3) is 0.364. The molecule has 1 aromatic carbocycles. The van der Waals surface area contributed by atoms with Gasteiger partial charge in [0.1, 0.15) is 10.9 Å². The number of amides is 1. The second-order valence-electron chi connectivity index (χ2n) is 4.65. The zero-order valence-corrected chi connectivity index (χ0v) is 13.1. The van der Waals surface area contributed by atoms with E-state index < -0.39 is 39.3 Å². The van der Waals surface area contributed by atoms with Gasteiger partial charge in [-0.1, -0.05) is 15.9 Å². The Kier molecular flexibility index (Phi) is 4.02. The van der Waals surface area contributed by atoms with Crippen LogP contribution in [0.2, 0.25) is 0 Å². The molecule has 21 heavy (non-hydrogen) atoms. The van der Waals surface area contributed by atoms with Crippen LogP contribution in [0.25, 0.3) is 0 Å². The van der Waals surface area contributed by atoms with Crippen molar-refractivity contribution >= 4 is 43.4 Å². The summed E-state index contributed by atoms with van der Waals surface area (Å²) in [5, 5.41) is 9.63. The van der Waals surface area contributed by atoms with Gasteiger partial charge in [-0.2, -0.15) is 8.42 Å². The molecular weight excluding hydrogens is 371 g/mol. The van der Waals surface area contributed by atoms with Gasteiger partial charge < -0.3 is 4.90 Å². The normalized spacial score (nSPS) is 19.1. The molecule has 7 nitrogen and oxygen atoms in total. The summed E-state index contributed by atoms with van der Waals surface area (Å²) < 4.78 is 35.3. The highest BCUT2D eigenvalue weighted by Gasteiger charge is 2.41. The molecule has 0 spiro atoms. The molecule has 1 heterocycles. The first-order valence-corrected chi connectivity index (χ1v) is 8.03. The number of halogens is 2. The number of benzene rings is 1. The lowest BCUT2D eigenvalue weighted by Crippen LogP contribution is -2.28. The van der Waals surface area contributed by atoms with E-state index in [1.54, 1.807) is 13.0 Å². The van der Waals surface area contributed by atoms with Crippen LogP contribution in [0.1, 0.15) is 12.0 Å². The Morgan fingerprint density at radius 2 is 2.10 bits per heavy atom. The van der Waals surface area contributed by atoms with Gasteiger partial charge in [-0.25, -0.2) is 0 Å². The van der Waals surface area contributed by atoms with E-state index in [0.29, 0.717) is 10.0 Å². The molecule has 10 heteroatoms. The van der Waals surface area contributed by atoms with Gasteiger partial charge in [-0.3, -0.25) is 14.9 Å². The smallest absolute Gasteiger partial charge is 0.305 e. The summed E-state index contributed by atoms with van der Waals surface area (Å²) in [4.78, 5) is 23.3. The summed E-state index contributed by atoms with van der Waals surface area (Å²) in [5.41, 5.74) is 0.0767. The lowest BCUT2D eigenvalue weighted by Gasteiger charge is -2.18. The molecule has 1 saturated heterocycles. The topological polar surface area (TPSA) is 97.6 Å². The summed E-state index contributed by atoms with van der Waals surface area (Å²) in [7, 11) is -4.87. The van der Waals surface area contributed by atoms with Gasteiger partial charge in [0.15, 0.2) is 0 Å². The quantitative estimate of drug-likeness (QED) is 0.454. The minimum absolute atomic E-state index is 0.000602. The Morgan fingerprint density at radius 3 is 2.57 bits per heavy atom. The van der Waals surface area contributed by atoms with Crippen LogP contribution in [0.3, 0.4) is 0 Å². The molecule has 1 amide bonds. The molecule has 0 saturated carbocycles. The van der Waals surface area contributed by atoms with Crippen molar-refractivity contribution in [3.63, 3.8) is 0 Å². The van der Waals surface area contributed by atoms with E-state index in [-0.39, 0.29) is 11.4 Å². The van der Waals surface area contributed by atoms with Crippen molar-refractivity contribution in [2.24, 2.45) is 0 Å². The van der Waals surface area contributed by atoms with Gasteiger partial charge in [-0.15, -0.1) is 3.89 Å². The average Bonchev–Trinajstić information content (AvgIpc) is 2.70. The molecule has 1 fully saturated rings. The van der Waals surface area contributed by atoms with Crippen molar-refractivity contribution in [1.82, 2.24) is 0 Å². The molecule has 0 bridgehead atoms. The monoisotopic (exact) mass is 380 g/mol. The van der Waals surface area contributed by atoms with Crippen molar-refractivity contribution in [3.8, 4) is 0 Å². The Labute approximate surface area is 128 Å². The number of aryl methyl sites for hydroxylation is 1. The molecule has 1 aliphatic rings. The number of hydrogen-bond donors (Lipinski definition) is 0. The maximum absolute atomic E-state index is 13.0. The van der Waals surface area contributed by atoms with Crippen molar-refractivity contribution in [2.45, 2.75) is 18.6 Å². The Morgan fingerprint density at radius 1 is 1.48 bits per heavy atom. The van der Waals surface area contributed by atoms with Gasteiger partial charge >= 0.3 is 10.2 Å². The van der Waals surface area contributed by atoms with E-state index >= 15 is 0 Å². The summed E-state index contributed by atoms with van der Waals surface area (Å²) >= 11 is 3.12. The van der Waals surface area contributed by atoms with Crippen LogP contribution in [0.15, 0.2) is 16.6 Å². The van der Waals surface area contributed by atoms with Gasteiger partial charge in [-0.05, 0) is 18.6 Å². The molecule has 1 unspecified atom stereocenters. The third-order valence-electron chi connectivity index (χ3n) is 3.20. The van der Waals surface area contributed by atoms with Crippen LogP contribution in [-0.4, -0.2) is 31.0 Å². The lowest BCUT2D eigenvalue weighted by atomic mass is 10.1. The Bertz CT molecular complexity index is 736. The van der Waals surface area contributed by atoms with Crippen LogP contribution in [0.5, 0.6) is 0 Å². The second-order valence-corrected chi connectivity index (χ2v) is 7.19. The molecule has 1 atom stereocenters. The maximum Gasteiger partial charge on any atom is 0.307 e. The summed E-state index contributed by atoms with van der Waals surface area (Å²) in [6.07, 6.45) is -0.522. The first-order chi connectivity index (χ1) is 9.61. The fourth-order valence-electron chi connectivity index (χ4n) is 2.29. The number of nitro benzene ring substituents is 1. The molecule has 0 N–H and O–H groups in total. The van der Waals surface area contributed by atoms with E-state index in [0.717, 1.165) is 4.90 Å². The minimum Gasteiger partial charge on any atom is -0.305 e. The zero-order chi connectivity index (χ0) is 15.9. The number of hydrogen-bond acceptors (Lipinski definition) is 5. The minimum atomic E-state index is -4.87. The van der Waals surface area contributed by atoms with Crippen LogP contribution in [0.4, 0.5) is 15.3 Å². The highest BCUT2D eigenvalue weighted by Crippen LogP contribution is 2.38. The number of nitro groups is 1. The molecule has 2 rings (SSSR count). The number of rotatable bonds is 3. The molecule has 0 radical (unpaired) electrons. The predicted molar refractivity (Wildman–Crippen MR) is 76.3 cm³/mol. The standard InChI is InChI=1S/C11H10BrFN2O5S/c1-6-2-7(12)3-9(15(17)18)11(6)14-5-8(4-10(14)16)21(13,19)20/h2-3,8H,4-5H2,1H3. The fourth-order valence-corrected chi connectivity index (χ4v) is 3.52. The molecule has 1 aliphatic heterocycles. The molecule has 1 aromatic rings. The van der Waals surface area contributed by atoms with Gasteiger partial charge in [0.2, 0.25) is 5.91 Å². The number of carbonyl (C=O) groups is 1. The highest BCUT2D eigenvalue weighted by molar-refractivity contribution is 9.10. The van der Waals surface area contributed by atoms with E-state index in [2.05, 4.69) is 15.9 Å². The van der Waals surface area contributed by atoms with Crippen molar-refractivity contribution < 1.29 is 22.0 Å². The van der Waals surface area contributed by atoms with E-state index in [1.165, 1.54) is 6.07 Å². The summed E-state index contributed by atoms with van der Waals surface area (Å²) in [5.74, 6) is -0.658. The predicted octanol–water partition coefficient (Wildman–Crippen LogP) is 2.07. The van der Waals surface area contributed by atoms with Gasteiger partial charge in [0.25, 0.3) is 5.69 Å². The molecule has 0 aromatic heterocycles. The largest absolute Gasteiger partial charge is 0.307 e. The number of anilines is 1. The van der Waals surface area contributed by atoms with E-state index in [1.807, 2.05) is 0 Å². The number of nitrogens with zero attached hydrogens (tertiary/aromatic N) is 2. The van der Waals surface area contributed by atoms with Gasteiger partial charge in [0, 0.05) is 23.5 Å². The summed E-state index contributed by atoms with van der Waals surface area (Å²) in [6, 6.07) is 2.78. The van der Waals surface area contributed by atoms with Crippen molar-refractivity contribution in [2.75, 3.05) is 11.4 Å². The van der Waals surface area contributed by atoms with Crippen molar-refractivity contribution in [1.29, 1.82) is 0 Å². The van der Waals surface area contributed by atoms with Crippen LogP contribution < -0.4 is 4.90 Å². The Balaban J connectivity index is 2.53. The third kappa shape index (κ3) is 3.05. The van der Waals surface area contributed by atoms with Gasteiger partial charge in [0.05, 0.1) is 4.92 Å². The van der Waals surface area contributed by atoms with Crippen molar-refractivity contribution in [3.05, 3.63) is 32.3 Å². The van der Waals surface area contributed by atoms with E-state index in [9.17, 15) is 27.2 Å². The van der Waals surface area contributed by atoms with Crippen LogP contribution in [-0.2, 0) is 15.0 Å². The first-order valence-electron chi connectivity index (χ1n) is 5.79. The SMILES string of the molecule is Cc1cc(Br)cc([N+](=O)[O-])c1N1CC(S(=O)(=O)F)CC1=O. The lowest BCUT2D eigenvalue weighted by molar-refractivity contribution is -0.384. The molecule has 114 valence electrons. The first kappa shape index (κ1) is 15.8. The van der Waals surface area contributed by atoms with Crippen LogP contribution >= 0.6 is 15.9 Å². The average molecular weight is 381 g/mol. The third-order valence-corrected chi connectivity index (χ3v) is 4.77. The second kappa shape index (κ2) is 5.34. The highest BCUT2D eigenvalue weighted by atomic mass is 79.9. The summed E-state index contributed by atoms with van der Waals surface area (Å²) in [6.45, 7) is 1.12. The van der Waals surface area contributed by atoms with E-state index in [4.69, 9.17) is 0 Å². The molecule has 0 aliphatic carbocycles. The number of carbonyl (C=O) groups excluding carboxylic acids is 1. The van der Waals surface area contributed by atoms with Crippen LogP contribution in [0, 0.1) is 17.0 Å². The Hall–Kier alpha value is -1.55. The zero-order valence-electron chi connectivity index (χ0n) is 10.7.